The van der Waals surface area contributed by atoms with Crippen molar-refractivity contribution in [3.8, 4) is 0 Å². The third-order valence-corrected chi connectivity index (χ3v) is 61.5. The van der Waals surface area contributed by atoms with Gasteiger partial charge in [0.15, 0.2) is 0 Å². The van der Waals surface area contributed by atoms with Crippen molar-refractivity contribution >= 4 is 245 Å². The molecule has 0 aliphatic carbocycles. The van der Waals surface area contributed by atoms with Gasteiger partial charge in [-0.1, -0.05) is 243 Å². The molecular formula is C130H124As6B2O2Pt3S4. The molecule has 20 rings (SSSR count). The van der Waals surface area contributed by atoms with Crippen LogP contribution in [0.3, 0.4) is 0 Å². The molecule has 0 saturated heterocycles. The third kappa shape index (κ3) is 36.3. The van der Waals surface area contributed by atoms with E-state index >= 15 is 0 Å². The molecule has 0 aliphatic rings. The van der Waals surface area contributed by atoms with Gasteiger partial charge in [0.2, 0.25) is 0 Å². The van der Waals surface area contributed by atoms with Gasteiger partial charge in [-0.3, -0.25) is 8.42 Å². The van der Waals surface area contributed by atoms with Gasteiger partial charge in [0.05, 0.1) is 0 Å². The first kappa shape index (κ1) is 121. The molecule has 20 aromatic rings. The second-order valence-corrected chi connectivity index (χ2v) is 66.8. The number of hydrogen-bond donors (Lipinski definition) is 0. The largest absolute Gasteiger partial charge is 0.195 e. The van der Waals surface area contributed by atoms with Gasteiger partial charge in [0.1, 0.15) is 12.3 Å². The van der Waals surface area contributed by atoms with Gasteiger partial charge in [-0.25, -0.2) is 0 Å². The van der Waals surface area contributed by atoms with Crippen LogP contribution in [0.4, 0.5) is 0 Å². The summed E-state index contributed by atoms with van der Waals surface area (Å²) in [4.78, 5) is 0. The fourth-order valence-electron chi connectivity index (χ4n) is 18.6. The van der Waals surface area contributed by atoms with Crippen molar-refractivity contribution in [1.82, 2.24) is 0 Å². The van der Waals surface area contributed by atoms with E-state index in [1.807, 2.05) is 0 Å². The molecule has 0 aliphatic heterocycles. The standard InChI is InChI=1S/3C26H24As2.2C24H20B.2C2H6OS.3Pt.2S/c3*1-5-13-23(14-6-1)27(24-15-7-2-8-16-24)21-22-28(25-17-9-3-10-18-25)26-19-11-4-12-20-26;2*1-5-13-21(14-6-1)25(22-15-7-2-8-16-22,23-17-9-3-10-18-23)24-19-11-4-12-20-24;2*1-4(2)3;;;;;/h3*1-20H,21-22H2;2*1-20H;2*1-2H3;;;;;/q;;;2*-1;;;3*+2;2*-2. The van der Waals surface area contributed by atoms with Crippen LogP contribution in [0.1, 0.15) is 0 Å². The molecule has 746 valence electrons. The number of hydrogen-bond acceptors (Lipinski definition) is 2. The Kier molecular flexibility index (Phi) is 56.2. The van der Waals surface area contributed by atoms with Crippen molar-refractivity contribution in [3.05, 3.63) is 607 Å². The average molecular weight is 2900 g/mol. The van der Waals surface area contributed by atoms with E-state index in [2.05, 4.69) is 607 Å². The number of rotatable bonds is 29. The first-order valence-corrected chi connectivity index (χ1v) is 71.7. The van der Waals surface area contributed by atoms with Gasteiger partial charge < -0.3 is 27.0 Å². The molecule has 0 bridgehead atoms. The van der Waals surface area contributed by atoms with E-state index in [1.54, 1.807) is 77.2 Å². The molecule has 0 spiro atoms. The minimum absolute atomic E-state index is 0. The average Bonchev–Trinajstić information content (AvgIpc) is 0.739. The molecule has 20 aromatic carbocycles. The first-order chi connectivity index (χ1) is 70.1. The van der Waals surface area contributed by atoms with Crippen LogP contribution >= 0.6 is 0 Å². The monoisotopic (exact) mass is 2900 g/mol. The van der Waals surface area contributed by atoms with Crippen LogP contribution in [-0.2, 0) is 112 Å². The molecule has 17 heteroatoms. The summed E-state index contributed by atoms with van der Waals surface area (Å²) in [5.41, 5.74) is 10.7. The molecule has 0 atom stereocenters. The summed E-state index contributed by atoms with van der Waals surface area (Å²) in [5, 5.41) is 7.95. The second-order valence-electron chi connectivity index (χ2n) is 34.4. The van der Waals surface area contributed by atoms with Crippen LogP contribution in [0.25, 0.3) is 0 Å². The molecule has 147 heavy (non-hydrogen) atoms. The Morgan fingerprint density at radius 2 is 0.197 bits per heavy atom. The van der Waals surface area contributed by atoms with Crippen molar-refractivity contribution < 1.29 is 71.6 Å². The summed E-state index contributed by atoms with van der Waals surface area (Å²) < 4.78 is 37.9. The molecular weight excluding hydrogens is 2780 g/mol. The van der Waals surface area contributed by atoms with Gasteiger partial charge >= 0.3 is 599 Å². The van der Waals surface area contributed by atoms with Crippen LogP contribution in [0, 0.1) is 0 Å². The summed E-state index contributed by atoms with van der Waals surface area (Å²) in [6.07, 6.45) is 4.12. The minimum Gasteiger partial charge on any atom is -0.195 e. The Labute approximate surface area is 967 Å². The number of benzene rings is 20. The fourth-order valence-corrected chi connectivity index (χ4v) is 57.8. The van der Waals surface area contributed by atoms with Crippen molar-refractivity contribution in [1.29, 1.82) is 0 Å². The maximum Gasteiger partial charge on any atom is 0.108 e. The zero-order chi connectivity index (χ0) is 98.1. The molecule has 0 unspecified atom stereocenters. The van der Waals surface area contributed by atoms with E-state index in [-0.39, 0.29) is 90.2 Å². The van der Waals surface area contributed by atoms with E-state index < -0.39 is 122 Å². The molecule has 0 aromatic heterocycles. The van der Waals surface area contributed by atoms with Crippen molar-refractivity contribution in [2.24, 2.45) is 0 Å². The van der Waals surface area contributed by atoms with Crippen molar-refractivity contribution in [2.75, 3.05) is 25.0 Å². The maximum atomic E-state index is 9.56. The Morgan fingerprint density at radius 1 is 0.136 bits per heavy atom. The van der Waals surface area contributed by atoms with E-state index in [1.165, 1.54) is 75.0 Å². The molecule has 0 saturated carbocycles. The summed E-state index contributed by atoms with van der Waals surface area (Å²) in [7, 11) is -1.22. The normalized spacial score (nSPS) is 10.6. The van der Waals surface area contributed by atoms with Crippen molar-refractivity contribution in [2.45, 2.75) is 31.3 Å². The fraction of sp³-hybridized carbons (Fsp3) is 0.0769. The van der Waals surface area contributed by atoms with Crippen LogP contribution in [0.2, 0.25) is 31.3 Å². The topological polar surface area (TPSA) is 34.1 Å². The van der Waals surface area contributed by atoms with Gasteiger partial charge in [-0.15, -0.1) is 0 Å². The van der Waals surface area contributed by atoms with Gasteiger partial charge in [0, 0.05) is 46.6 Å². The van der Waals surface area contributed by atoms with Crippen molar-refractivity contribution in [3.63, 3.8) is 0 Å². The van der Waals surface area contributed by atoms with Gasteiger partial charge in [-0.2, -0.15) is 43.7 Å². The van der Waals surface area contributed by atoms with E-state index in [0.29, 0.717) is 0 Å². The quantitative estimate of drug-likeness (QED) is 0.0438. The summed E-state index contributed by atoms with van der Waals surface area (Å²) in [6.45, 7) is 0. The van der Waals surface area contributed by atoms with Crippen LogP contribution in [0.5, 0.6) is 0 Å². The summed E-state index contributed by atoms with van der Waals surface area (Å²) in [6, 6.07) is 222. The summed E-state index contributed by atoms with van der Waals surface area (Å²) in [5.74, 6) is 0. The molecule has 0 fully saturated rings. The van der Waals surface area contributed by atoms with Gasteiger partial charge in [-0.05, 0) is 0 Å². The zero-order valence-electron chi connectivity index (χ0n) is 83.2. The van der Waals surface area contributed by atoms with E-state index in [9.17, 15) is 8.42 Å². The first-order valence-electron chi connectivity index (χ1n) is 48.6. The Bertz CT molecular complexity index is 5520. The Balaban J connectivity index is 0.000000199. The third-order valence-electron chi connectivity index (χ3n) is 24.9. The predicted molar refractivity (Wildman–Crippen MR) is 651 cm³/mol. The molecule has 0 N–H and O–H groups in total. The van der Waals surface area contributed by atoms with E-state index in [0.717, 1.165) is 0 Å². The van der Waals surface area contributed by atoms with E-state index in [4.69, 9.17) is 0 Å². The van der Waals surface area contributed by atoms with Crippen LogP contribution in [-0.4, -0.2) is 134 Å². The second kappa shape index (κ2) is 68.0. The minimum atomic E-state index is -1.30. The maximum absolute atomic E-state index is 9.56. The Hall–Kier alpha value is -9.05. The molecule has 0 amide bonds. The van der Waals surface area contributed by atoms with Crippen LogP contribution < -0.4 is 95.9 Å². The smallest absolute Gasteiger partial charge is 0.108 e. The van der Waals surface area contributed by atoms with Crippen LogP contribution in [0.15, 0.2) is 607 Å². The Morgan fingerprint density at radius 3 is 0.265 bits per heavy atom. The SMILES string of the molecule is CS(C)=O.CS(C)=O.[Pt+2].[Pt+2].[Pt+2].[S-2].[S-2].c1ccc([As](CC[As](c2ccccc2)c2ccccc2)c2ccccc2)cc1.c1ccc([As](CC[As](c2ccccc2)c2ccccc2)c2ccccc2)cc1.c1ccc([As](CC[As](c2ccccc2)c2ccccc2)c2ccccc2)cc1.c1ccc([B-](c2ccccc2)(c2ccccc2)c2ccccc2)cc1.c1ccc([B-](c2ccccc2)(c2ccccc2)c2ccccc2)cc1. The molecule has 2 nitrogen and oxygen atoms in total. The summed E-state index contributed by atoms with van der Waals surface area (Å²) >= 11 is -7.80. The molecule has 0 heterocycles. The predicted octanol–water partition coefficient (Wildman–Crippen LogP) is 16.9. The molecule has 0 radical (unpaired) electrons. The van der Waals surface area contributed by atoms with Gasteiger partial charge in [0.25, 0.3) is 0 Å². The zero-order valence-corrected chi connectivity index (χ0v) is 105.